The number of nitrogens with zero attached hydrogens (tertiary/aromatic N) is 1. The summed E-state index contributed by atoms with van der Waals surface area (Å²) in [7, 11) is 0. The zero-order valence-electron chi connectivity index (χ0n) is 9.79. The van der Waals surface area contributed by atoms with E-state index < -0.39 is 5.41 Å². The first-order valence-electron chi connectivity index (χ1n) is 6.15. The zero-order chi connectivity index (χ0) is 12.3. The topological polar surface area (TPSA) is 82.0 Å². The van der Waals surface area contributed by atoms with Crippen molar-refractivity contribution in [2.24, 2.45) is 11.3 Å². The third kappa shape index (κ3) is 2.57. The molecule has 92 valence electrons. The van der Waals surface area contributed by atoms with Crippen LogP contribution in [-0.4, -0.2) is 24.9 Å². The normalized spacial score (nSPS) is 20.9. The molecular weight excluding hydrogens is 218 g/mol. The third-order valence-electron chi connectivity index (χ3n) is 3.51. The molecule has 2 aliphatic rings. The highest BCUT2D eigenvalue weighted by Gasteiger charge is 2.44. The van der Waals surface area contributed by atoms with E-state index >= 15 is 0 Å². The van der Waals surface area contributed by atoms with Gasteiger partial charge in [-0.05, 0) is 32.1 Å². The molecule has 2 saturated carbocycles. The van der Waals surface area contributed by atoms with Crippen molar-refractivity contribution in [3.05, 3.63) is 0 Å². The van der Waals surface area contributed by atoms with E-state index in [1.54, 1.807) is 0 Å². The van der Waals surface area contributed by atoms with Gasteiger partial charge in [-0.25, -0.2) is 0 Å². The van der Waals surface area contributed by atoms with Crippen LogP contribution in [0, 0.1) is 22.7 Å². The minimum atomic E-state index is -0.791. The summed E-state index contributed by atoms with van der Waals surface area (Å²) in [6.07, 6.45) is 4.22. The van der Waals surface area contributed by atoms with Gasteiger partial charge in [0.2, 0.25) is 11.8 Å². The molecule has 0 aromatic heterocycles. The molecule has 2 rings (SSSR count). The molecule has 17 heavy (non-hydrogen) atoms. The SMILES string of the molecule is N#CC1(C(=O)NCCNC(=O)C2CC2)CCC1. The van der Waals surface area contributed by atoms with Crippen LogP contribution in [0.3, 0.4) is 0 Å². The summed E-state index contributed by atoms with van der Waals surface area (Å²) in [6, 6.07) is 2.09. The van der Waals surface area contributed by atoms with Crippen molar-refractivity contribution in [1.29, 1.82) is 5.26 Å². The Balaban J connectivity index is 1.63. The second-order valence-corrected chi connectivity index (χ2v) is 4.87. The van der Waals surface area contributed by atoms with Crippen molar-refractivity contribution in [1.82, 2.24) is 10.6 Å². The largest absolute Gasteiger partial charge is 0.354 e. The molecule has 0 saturated heterocycles. The van der Waals surface area contributed by atoms with Crippen LogP contribution in [0.1, 0.15) is 32.1 Å². The van der Waals surface area contributed by atoms with Gasteiger partial charge in [0.25, 0.3) is 0 Å². The van der Waals surface area contributed by atoms with Crippen molar-refractivity contribution < 1.29 is 9.59 Å². The molecular formula is C12H17N3O2. The van der Waals surface area contributed by atoms with Gasteiger partial charge in [0, 0.05) is 19.0 Å². The fourth-order valence-electron chi connectivity index (χ4n) is 1.94. The summed E-state index contributed by atoms with van der Waals surface area (Å²) in [6.45, 7) is 0.851. The van der Waals surface area contributed by atoms with Crippen molar-refractivity contribution in [2.75, 3.05) is 13.1 Å². The van der Waals surface area contributed by atoms with Gasteiger partial charge in [0.15, 0.2) is 0 Å². The molecule has 0 radical (unpaired) electrons. The van der Waals surface area contributed by atoms with Crippen LogP contribution in [-0.2, 0) is 9.59 Å². The van der Waals surface area contributed by atoms with Gasteiger partial charge >= 0.3 is 0 Å². The highest BCUT2D eigenvalue weighted by Crippen LogP contribution is 2.40. The van der Waals surface area contributed by atoms with Crippen LogP contribution in [0.4, 0.5) is 0 Å². The van der Waals surface area contributed by atoms with Gasteiger partial charge in [-0.2, -0.15) is 5.26 Å². The van der Waals surface area contributed by atoms with Crippen molar-refractivity contribution >= 4 is 11.8 Å². The first kappa shape index (κ1) is 11.9. The Morgan fingerprint density at radius 3 is 2.35 bits per heavy atom. The average Bonchev–Trinajstić information content (AvgIpc) is 3.07. The van der Waals surface area contributed by atoms with Gasteiger partial charge in [0.05, 0.1) is 6.07 Å². The van der Waals surface area contributed by atoms with Gasteiger partial charge in [-0.3, -0.25) is 9.59 Å². The average molecular weight is 235 g/mol. The number of hydrogen-bond donors (Lipinski definition) is 2. The maximum absolute atomic E-state index is 11.7. The number of hydrogen-bond acceptors (Lipinski definition) is 3. The molecule has 0 aromatic carbocycles. The maximum Gasteiger partial charge on any atom is 0.240 e. The van der Waals surface area contributed by atoms with Crippen LogP contribution in [0.5, 0.6) is 0 Å². The van der Waals surface area contributed by atoms with Crippen LogP contribution in [0.15, 0.2) is 0 Å². The zero-order valence-corrected chi connectivity index (χ0v) is 9.79. The Hall–Kier alpha value is -1.57. The van der Waals surface area contributed by atoms with Crippen molar-refractivity contribution in [3.63, 3.8) is 0 Å². The lowest BCUT2D eigenvalue weighted by Gasteiger charge is -2.33. The van der Waals surface area contributed by atoms with E-state index in [4.69, 9.17) is 5.26 Å². The molecule has 2 N–H and O–H groups in total. The van der Waals surface area contributed by atoms with Gasteiger partial charge in [-0.15, -0.1) is 0 Å². The lowest BCUT2D eigenvalue weighted by Crippen LogP contribution is -2.46. The minimum Gasteiger partial charge on any atom is -0.354 e. The minimum absolute atomic E-state index is 0.0814. The van der Waals surface area contributed by atoms with Crippen molar-refractivity contribution in [3.8, 4) is 6.07 Å². The van der Waals surface area contributed by atoms with Gasteiger partial charge in [0.1, 0.15) is 5.41 Å². The fourth-order valence-corrected chi connectivity index (χ4v) is 1.94. The van der Waals surface area contributed by atoms with Gasteiger partial charge < -0.3 is 10.6 Å². The highest BCUT2D eigenvalue weighted by molar-refractivity contribution is 5.86. The summed E-state index contributed by atoms with van der Waals surface area (Å²) < 4.78 is 0. The molecule has 2 aliphatic carbocycles. The number of carbonyl (C=O) groups is 2. The Morgan fingerprint density at radius 2 is 1.88 bits per heavy atom. The number of amides is 2. The van der Waals surface area contributed by atoms with E-state index in [0.29, 0.717) is 25.9 Å². The predicted molar refractivity (Wildman–Crippen MR) is 60.6 cm³/mol. The molecule has 0 aliphatic heterocycles. The molecule has 2 amide bonds. The smallest absolute Gasteiger partial charge is 0.240 e. The van der Waals surface area contributed by atoms with E-state index in [1.807, 2.05) is 0 Å². The second-order valence-electron chi connectivity index (χ2n) is 4.87. The first-order valence-corrected chi connectivity index (χ1v) is 6.15. The third-order valence-corrected chi connectivity index (χ3v) is 3.51. The van der Waals surface area contributed by atoms with Crippen LogP contribution >= 0.6 is 0 Å². The monoisotopic (exact) mass is 235 g/mol. The van der Waals surface area contributed by atoms with Crippen LogP contribution < -0.4 is 10.6 Å². The summed E-state index contributed by atoms with van der Waals surface area (Å²) >= 11 is 0. The number of nitrogens with one attached hydrogen (secondary N) is 2. The molecule has 0 aromatic rings. The second kappa shape index (κ2) is 4.74. The van der Waals surface area contributed by atoms with Gasteiger partial charge in [-0.1, -0.05) is 0 Å². The molecule has 0 atom stereocenters. The first-order chi connectivity index (χ1) is 8.18. The Kier molecular flexibility index (Phi) is 3.32. The number of carbonyl (C=O) groups excluding carboxylic acids is 2. The number of nitriles is 1. The Bertz CT molecular complexity index is 364. The molecule has 0 heterocycles. The standard InChI is InChI=1S/C12H17N3O2/c13-8-12(4-1-5-12)11(17)15-7-6-14-10(16)9-2-3-9/h9H,1-7H2,(H,14,16)(H,15,17). The van der Waals surface area contributed by atoms with E-state index in [2.05, 4.69) is 16.7 Å². The number of rotatable bonds is 5. The van der Waals surface area contributed by atoms with Crippen LogP contribution in [0.25, 0.3) is 0 Å². The molecule has 0 bridgehead atoms. The van der Waals surface area contributed by atoms with Crippen LogP contribution in [0.2, 0.25) is 0 Å². The summed E-state index contributed by atoms with van der Waals surface area (Å²) in [5, 5.41) is 14.4. The Morgan fingerprint density at radius 1 is 1.24 bits per heavy atom. The molecule has 5 nitrogen and oxygen atoms in total. The molecule has 2 fully saturated rings. The molecule has 5 heteroatoms. The lowest BCUT2D eigenvalue weighted by molar-refractivity contribution is -0.132. The Labute approximate surface area is 101 Å². The summed E-state index contributed by atoms with van der Waals surface area (Å²) in [5.41, 5.74) is -0.791. The summed E-state index contributed by atoms with van der Waals surface area (Å²) in [4.78, 5) is 23.0. The lowest BCUT2D eigenvalue weighted by atomic mass is 9.69. The predicted octanol–water partition coefficient (Wildman–Crippen LogP) is 0.323. The van der Waals surface area contributed by atoms with E-state index in [1.165, 1.54) is 0 Å². The van der Waals surface area contributed by atoms with E-state index in [-0.39, 0.29) is 17.7 Å². The fraction of sp³-hybridized carbons (Fsp3) is 0.750. The molecule has 0 spiro atoms. The molecule has 0 unspecified atom stereocenters. The maximum atomic E-state index is 11.7. The summed E-state index contributed by atoms with van der Waals surface area (Å²) in [5.74, 6) is 0.0904. The highest BCUT2D eigenvalue weighted by atomic mass is 16.2. The van der Waals surface area contributed by atoms with E-state index in [9.17, 15) is 9.59 Å². The quantitative estimate of drug-likeness (QED) is 0.673. The van der Waals surface area contributed by atoms with E-state index in [0.717, 1.165) is 19.3 Å². The van der Waals surface area contributed by atoms with Crippen molar-refractivity contribution in [2.45, 2.75) is 32.1 Å².